The van der Waals surface area contributed by atoms with E-state index < -0.39 is 11.9 Å². The third kappa shape index (κ3) is 4.64. The van der Waals surface area contributed by atoms with Crippen LogP contribution >= 0.6 is 0 Å². The molecule has 0 N–H and O–H groups in total. The lowest BCUT2D eigenvalue weighted by molar-refractivity contribution is -0.141. The third-order valence-corrected chi connectivity index (χ3v) is 4.94. The van der Waals surface area contributed by atoms with E-state index in [2.05, 4.69) is 9.97 Å². The normalized spacial score (nSPS) is 15.4. The summed E-state index contributed by atoms with van der Waals surface area (Å²) in [6, 6.07) is 6.32. The zero-order chi connectivity index (χ0) is 19.5. The number of carbonyl (C=O) groups is 1. The predicted octanol–water partition coefficient (Wildman–Crippen LogP) is 4.01. The summed E-state index contributed by atoms with van der Waals surface area (Å²) >= 11 is 0. The van der Waals surface area contributed by atoms with Gasteiger partial charge in [0.1, 0.15) is 5.69 Å². The van der Waals surface area contributed by atoms with Crippen molar-refractivity contribution in [2.24, 2.45) is 0 Å². The van der Waals surface area contributed by atoms with Crippen LogP contribution in [0.3, 0.4) is 0 Å². The number of halogens is 3. The second-order valence-corrected chi connectivity index (χ2v) is 7.06. The Kier molecular flexibility index (Phi) is 5.48. The molecule has 0 radical (unpaired) electrons. The molecule has 2 heterocycles. The highest BCUT2D eigenvalue weighted by molar-refractivity contribution is 5.79. The molecule has 1 aliphatic carbocycles. The van der Waals surface area contributed by atoms with Crippen molar-refractivity contribution in [2.45, 2.75) is 44.2 Å². The average molecular weight is 377 g/mol. The molecule has 0 bridgehead atoms. The molecule has 1 aliphatic rings. The molecular formula is C20H22F3N3O. The molecule has 1 amide bonds. The largest absolute Gasteiger partial charge is 0.433 e. The number of nitrogens with zero attached hydrogens (tertiary/aromatic N) is 3. The van der Waals surface area contributed by atoms with Gasteiger partial charge in [-0.2, -0.15) is 13.2 Å². The Labute approximate surface area is 156 Å². The highest BCUT2D eigenvalue weighted by atomic mass is 19.4. The predicted molar refractivity (Wildman–Crippen MR) is 95.0 cm³/mol. The highest BCUT2D eigenvalue weighted by Gasteiger charge is 2.46. The first-order valence-corrected chi connectivity index (χ1v) is 9.04. The molecule has 144 valence electrons. The Morgan fingerprint density at radius 3 is 2.63 bits per heavy atom. The summed E-state index contributed by atoms with van der Waals surface area (Å²) < 4.78 is 38.5. The SMILES string of the molecule is CCCN(CC1(c2cccnc2)CC1)C(=O)Cc1ccnc(C(F)(F)F)c1. The summed E-state index contributed by atoms with van der Waals surface area (Å²) in [4.78, 5) is 22.1. The van der Waals surface area contributed by atoms with Crippen LogP contribution in [-0.4, -0.2) is 33.9 Å². The monoisotopic (exact) mass is 377 g/mol. The quantitative estimate of drug-likeness (QED) is 0.733. The topological polar surface area (TPSA) is 46.1 Å². The van der Waals surface area contributed by atoms with E-state index in [1.165, 1.54) is 6.07 Å². The molecule has 0 unspecified atom stereocenters. The summed E-state index contributed by atoms with van der Waals surface area (Å²) in [5, 5.41) is 0. The summed E-state index contributed by atoms with van der Waals surface area (Å²) in [6.45, 7) is 3.14. The molecule has 3 rings (SSSR count). The minimum absolute atomic E-state index is 0.0608. The van der Waals surface area contributed by atoms with Crippen molar-refractivity contribution in [3.63, 3.8) is 0 Å². The summed E-state index contributed by atoms with van der Waals surface area (Å²) in [5.41, 5.74) is 0.398. The summed E-state index contributed by atoms with van der Waals surface area (Å²) in [7, 11) is 0. The maximum absolute atomic E-state index is 12.8. The molecule has 0 aromatic carbocycles. The maximum atomic E-state index is 12.8. The van der Waals surface area contributed by atoms with Gasteiger partial charge in [0, 0.05) is 37.1 Å². The van der Waals surface area contributed by atoms with E-state index in [1.807, 2.05) is 25.3 Å². The van der Waals surface area contributed by atoms with Gasteiger partial charge in [0.15, 0.2) is 0 Å². The van der Waals surface area contributed by atoms with E-state index in [1.54, 1.807) is 11.1 Å². The van der Waals surface area contributed by atoms with Gasteiger partial charge in [-0.05, 0) is 48.6 Å². The van der Waals surface area contributed by atoms with Crippen LogP contribution in [0, 0.1) is 0 Å². The second-order valence-electron chi connectivity index (χ2n) is 7.06. The smallest absolute Gasteiger partial charge is 0.342 e. The zero-order valence-corrected chi connectivity index (χ0v) is 15.2. The van der Waals surface area contributed by atoms with Crippen molar-refractivity contribution >= 4 is 5.91 Å². The van der Waals surface area contributed by atoms with Crippen LogP contribution in [0.2, 0.25) is 0 Å². The Morgan fingerprint density at radius 2 is 2.04 bits per heavy atom. The molecule has 0 spiro atoms. The first-order valence-electron chi connectivity index (χ1n) is 9.04. The third-order valence-electron chi connectivity index (χ3n) is 4.94. The van der Waals surface area contributed by atoms with Crippen molar-refractivity contribution in [3.8, 4) is 0 Å². The van der Waals surface area contributed by atoms with E-state index in [0.29, 0.717) is 18.7 Å². The lowest BCUT2D eigenvalue weighted by Crippen LogP contribution is -2.39. The first-order chi connectivity index (χ1) is 12.8. The zero-order valence-electron chi connectivity index (χ0n) is 15.2. The van der Waals surface area contributed by atoms with E-state index in [4.69, 9.17) is 0 Å². The fraction of sp³-hybridized carbons (Fsp3) is 0.450. The minimum Gasteiger partial charge on any atom is -0.342 e. The Balaban J connectivity index is 1.73. The lowest BCUT2D eigenvalue weighted by atomic mass is 9.96. The van der Waals surface area contributed by atoms with Crippen molar-refractivity contribution < 1.29 is 18.0 Å². The lowest BCUT2D eigenvalue weighted by Gasteiger charge is -2.28. The number of carbonyl (C=O) groups excluding carboxylic acids is 1. The van der Waals surface area contributed by atoms with Gasteiger partial charge in [0.2, 0.25) is 5.91 Å². The van der Waals surface area contributed by atoms with Crippen molar-refractivity contribution in [3.05, 3.63) is 59.7 Å². The van der Waals surface area contributed by atoms with E-state index in [0.717, 1.165) is 37.1 Å². The molecule has 0 aliphatic heterocycles. The molecule has 1 saturated carbocycles. The van der Waals surface area contributed by atoms with Gasteiger partial charge in [-0.25, -0.2) is 0 Å². The van der Waals surface area contributed by atoms with Crippen LogP contribution in [0.1, 0.15) is 43.0 Å². The molecular weight excluding hydrogens is 355 g/mol. The molecule has 7 heteroatoms. The van der Waals surface area contributed by atoms with Gasteiger partial charge >= 0.3 is 6.18 Å². The highest BCUT2D eigenvalue weighted by Crippen LogP contribution is 2.48. The van der Waals surface area contributed by atoms with E-state index in [9.17, 15) is 18.0 Å². The van der Waals surface area contributed by atoms with Crippen molar-refractivity contribution in [2.75, 3.05) is 13.1 Å². The molecule has 2 aromatic rings. The van der Waals surface area contributed by atoms with Gasteiger partial charge in [0.05, 0.1) is 6.42 Å². The van der Waals surface area contributed by atoms with Crippen LogP contribution < -0.4 is 0 Å². The summed E-state index contributed by atoms with van der Waals surface area (Å²) in [5.74, 6) is -0.161. The number of pyridine rings is 2. The van der Waals surface area contributed by atoms with Crippen molar-refractivity contribution in [1.82, 2.24) is 14.9 Å². The van der Waals surface area contributed by atoms with Crippen LogP contribution in [0.4, 0.5) is 13.2 Å². The van der Waals surface area contributed by atoms with Gasteiger partial charge in [-0.15, -0.1) is 0 Å². The van der Waals surface area contributed by atoms with Gasteiger partial charge in [-0.1, -0.05) is 13.0 Å². The minimum atomic E-state index is -4.51. The number of aromatic nitrogens is 2. The van der Waals surface area contributed by atoms with Crippen LogP contribution in [0.5, 0.6) is 0 Å². The Hall–Kier alpha value is -2.44. The molecule has 27 heavy (non-hydrogen) atoms. The van der Waals surface area contributed by atoms with Crippen LogP contribution in [0.25, 0.3) is 0 Å². The van der Waals surface area contributed by atoms with Gasteiger partial charge in [0.25, 0.3) is 0 Å². The number of amides is 1. The average Bonchev–Trinajstić information content (AvgIpc) is 3.42. The fourth-order valence-electron chi connectivity index (χ4n) is 3.32. The number of rotatable bonds is 7. The fourth-order valence-corrected chi connectivity index (χ4v) is 3.32. The first kappa shape index (κ1) is 19.3. The van der Waals surface area contributed by atoms with Gasteiger partial charge < -0.3 is 4.90 Å². The van der Waals surface area contributed by atoms with Crippen LogP contribution in [0.15, 0.2) is 42.9 Å². The Morgan fingerprint density at radius 1 is 1.26 bits per heavy atom. The standard InChI is InChI=1S/C20H22F3N3O/c1-2-10-26(14-19(6-7-19)16-4-3-8-24-13-16)18(27)12-15-5-9-25-17(11-15)20(21,22)23/h3-5,8-9,11,13H,2,6-7,10,12,14H2,1H3. The molecule has 0 atom stereocenters. The van der Waals surface area contributed by atoms with E-state index >= 15 is 0 Å². The maximum Gasteiger partial charge on any atom is 0.433 e. The number of alkyl halides is 3. The molecule has 4 nitrogen and oxygen atoms in total. The number of hydrogen-bond acceptors (Lipinski definition) is 3. The van der Waals surface area contributed by atoms with E-state index in [-0.39, 0.29) is 17.7 Å². The molecule has 2 aromatic heterocycles. The Bertz CT molecular complexity index is 789. The molecule has 1 fully saturated rings. The summed E-state index contributed by atoms with van der Waals surface area (Å²) in [6.07, 6.45) is 2.84. The van der Waals surface area contributed by atoms with Crippen molar-refractivity contribution in [1.29, 1.82) is 0 Å². The number of hydrogen-bond donors (Lipinski definition) is 0. The second kappa shape index (κ2) is 7.66. The van der Waals surface area contributed by atoms with Gasteiger partial charge in [-0.3, -0.25) is 14.8 Å². The molecule has 0 saturated heterocycles. The van der Waals surface area contributed by atoms with Crippen LogP contribution in [-0.2, 0) is 22.8 Å².